The highest BCUT2D eigenvalue weighted by Gasteiger charge is 2.55. The van der Waals surface area contributed by atoms with Crippen molar-refractivity contribution in [3.05, 3.63) is 29.8 Å². The van der Waals surface area contributed by atoms with Crippen LogP contribution < -0.4 is 5.32 Å². The van der Waals surface area contributed by atoms with Crippen molar-refractivity contribution in [2.24, 2.45) is 11.8 Å². The maximum atomic E-state index is 13.5. The molecule has 1 aromatic carbocycles. The first-order valence-electron chi connectivity index (χ1n) is 6.61. The number of benzene rings is 1. The summed E-state index contributed by atoms with van der Waals surface area (Å²) in [5, 5.41) is 11.6. The highest BCUT2D eigenvalue weighted by molar-refractivity contribution is 5.96. The monoisotopic (exact) mass is 297 g/mol. The van der Waals surface area contributed by atoms with Gasteiger partial charge in [-0.1, -0.05) is 0 Å². The maximum Gasteiger partial charge on any atom is 0.310 e. The van der Waals surface area contributed by atoms with Crippen LogP contribution in [0.4, 0.5) is 14.5 Å². The van der Waals surface area contributed by atoms with Crippen molar-refractivity contribution < 1.29 is 28.2 Å². The Morgan fingerprint density at radius 2 is 1.86 bits per heavy atom. The van der Waals surface area contributed by atoms with Gasteiger partial charge in [0.2, 0.25) is 5.91 Å². The topological polar surface area (TPSA) is 75.6 Å². The Morgan fingerprint density at radius 1 is 1.19 bits per heavy atom. The quantitative estimate of drug-likeness (QED) is 0.891. The molecular formula is C14H13F2NO4. The van der Waals surface area contributed by atoms with Gasteiger partial charge >= 0.3 is 5.97 Å². The lowest BCUT2D eigenvalue weighted by Crippen LogP contribution is -2.41. The summed E-state index contributed by atoms with van der Waals surface area (Å²) in [4.78, 5) is 23.5. The Morgan fingerprint density at radius 3 is 2.48 bits per heavy atom. The minimum atomic E-state index is -1.10. The second kappa shape index (κ2) is 5.07. The van der Waals surface area contributed by atoms with Crippen LogP contribution in [-0.2, 0) is 14.3 Å². The standard InChI is InChI=1S/C14H13F2NO4/c15-6-1-2-8(7(16)5-6)17-13(18)11-9-3-4-10(21-9)12(11)14(19)20/h1-2,5,9-12H,3-4H2,(H,17,18)(H,19,20)/t9-,10-,11+,12-/m0/s1. The Bertz CT molecular complexity index is 607. The van der Waals surface area contributed by atoms with Crippen LogP contribution in [0.2, 0.25) is 0 Å². The van der Waals surface area contributed by atoms with Gasteiger partial charge in [-0.3, -0.25) is 9.59 Å². The van der Waals surface area contributed by atoms with Gasteiger partial charge in [-0.05, 0) is 25.0 Å². The number of carbonyl (C=O) groups is 2. The third kappa shape index (κ3) is 2.37. The zero-order valence-corrected chi connectivity index (χ0v) is 10.9. The van der Waals surface area contributed by atoms with E-state index in [9.17, 15) is 23.5 Å². The van der Waals surface area contributed by atoms with Crippen LogP contribution in [0.5, 0.6) is 0 Å². The Hall–Kier alpha value is -2.02. The van der Waals surface area contributed by atoms with Gasteiger partial charge in [0.05, 0.1) is 29.7 Å². The predicted octanol–water partition coefficient (Wildman–Crippen LogP) is 1.78. The van der Waals surface area contributed by atoms with E-state index < -0.39 is 47.6 Å². The number of hydrogen-bond donors (Lipinski definition) is 2. The molecular weight excluding hydrogens is 284 g/mol. The van der Waals surface area contributed by atoms with E-state index in [1.807, 2.05) is 0 Å². The zero-order valence-electron chi connectivity index (χ0n) is 10.9. The molecule has 4 atom stereocenters. The molecule has 0 radical (unpaired) electrons. The van der Waals surface area contributed by atoms with Gasteiger partial charge in [0.1, 0.15) is 11.6 Å². The first-order valence-corrected chi connectivity index (χ1v) is 6.61. The van der Waals surface area contributed by atoms with Crippen LogP contribution in [0.25, 0.3) is 0 Å². The number of anilines is 1. The van der Waals surface area contributed by atoms with E-state index in [0.717, 1.165) is 12.1 Å². The van der Waals surface area contributed by atoms with Crippen molar-refractivity contribution in [1.82, 2.24) is 0 Å². The molecule has 0 aromatic heterocycles. The molecule has 1 aromatic rings. The van der Waals surface area contributed by atoms with Crippen LogP contribution in [-0.4, -0.2) is 29.2 Å². The molecule has 0 aliphatic carbocycles. The molecule has 2 bridgehead atoms. The largest absolute Gasteiger partial charge is 0.481 e. The van der Waals surface area contributed by atoms with Crippen molar-refractivity contribution in [3.8, 4) is 0 Å². The number of aliphatic carboxylic acids is 1. The fourth-order valence-corrected chi connectivity index (χ4v) is 3.13. The number of carboxylic acid groups (broad SMARTS) is 1. The third-order valence-corrected chi connectivity index (χ3v) is 4.05. The summed E-state index contributed by atoms with van der Waals surface area (Å²) in [6.45, 7) is 0. The van der Waals surface area contributed by atoms with E-state index in [2.05, 4.69) is 5.32 Å². The van der Waals surface area contributed by atoms with E-state index >= 15 is 0 Å². The van der Waals surface area contributed by atoms with Gasteiger partial charge < -0.3 is 15.2 Å². The Kier molecular flexibility index (Phi) is 3.36. The van der Waals surface area contributed by atoms with Crippen LogP contribution >= 0.6 is 0 Å². The fraction of sp³-hybridized carbons (Fsp3) is 0.429. The molecule has 112 valence electrons. The van der Waals surface area contributed by atoms with Crippen LogP contribution in [0.1, 0.15) is 12.8 Å². The number of halogens is 2. The molecule has 2 fully saturated rings. The number of nitrogens with one attached hydrogen (secondary N) is 1. The average Bonchev–Trinajstić information content (AvgIpc) is 3.02. The van der Waals surface area contributed by atoms with Gasteiger partial charge in [0.15, 0.2) is 0 Å². The highest BCUT2D eigenvalue weighted by Crippen LogP contribution is 2.44. The predicted molar refractivity (Wildman–Crippen MR) is 67.5 cm³/mol. The molecule has 2 N–H and O–H groups in total. The lowest BCUT2D eigenvalue weighted by molar-refractivity contribution is -0.147. The summed E-state index contributed by atoms with van der Waals surface area (Å²) in [7, 11) is 0. The van der Waals surface area contributed by atoms with Gasteiger partial charge in [-0.25, -0.2) is 8.78 Å². The highest BCUT2D eigenvalue weighted by atomic mass is 19.1. The van der Waals surface area contributed by atoms with Gasteiger partial charge in [-0.2, -0.15) is 0 Å². The lowest BCUT2D eigenvalue weighted by atomic mass is 9.78. The zero-order chi connectivity index (χ0) is 15.1. The molecule has 5 nitrogen and oxygen atoms in total. The van der Waals surface area contributed by atoms with Crippen LogP contribution in [0, 0.1) is 23.5 Å². The first-order chi connectivity index (χ1) is 9.97. The Labute approximate surface area is 118 Å². The van der Waals surface area contributed by atoms with E-state index in [4.69, 9.17) is 4.74 Å². The smallest absolute Gasteiger partial charge is 0.310 e. The van der Waals surface area contributed by atoms with E-state index in [1.165, 1.54) is 0 Å². The molecule has 2 aliphatic heterocycles. The van der Waals surface area contributed by atoms with Crippen molar-refractivity contribution in [1.29, 1.82) is 0 Å². The third-order valence-electron chi connectivity index (χ3n) is 4.05. The van der Waals surface area contributed by atoms with Crippen LogP contribution in [0.15, 0.2) is 18.2 Å². The summed E-state index contributed by atoms with van der Waals surface area (Å²) in [6.07, 6.45) is 0.287. The average molecular weight is 297 g/mol. The summed E-state index contributed by atoms with van der Waals surface area (Å²) < 4.78 is 31.8. The molecule has 0 spiro atoms. The second-order valence-corrected chi connectivity index (χ2v) is 5.29. The van der Waals surface area contributed by atoms with Crippen LogP contribution in [0.3, 0.4) is 0 Å². The first kappa shape index (κ1) is 13.9. The van der Waals surface area contributed by atoms with Gasteiger partial charge in [-0.15, -0.1) is 0 Å². The number of ether oxygens (including phenoxy) is 1. The molecule has 0 unspecified atom stereocenters. The number of carbonyl (C=O) groups excluding carboxylic acids is 1. The molecule has 2 aliphatic rings. The SMILES string of the molecule is O=C(O)[C@@H]1[C@H](C(=O)Nc2ccc(F)cc2F)[C@@H]2CC[C@@H]1O2. The molecule has 0 saturated carbocycles. The number of carboxylic acids is 1. The number of amides is 1. The summed E-state index contributed by atoms with van der Waals surface area (Å²) in [5.41, 5.74) is -0.173. The second-order valence-electron chi connectivity index (χ2n) is 5.29. The lowest BCUT2D eigenvalue weighted by Gasteiger charge is -2.23. The summed E-state index contributed by atoms with van der Waals surface area (Å²) in [6, 6.07) is 2.78. The molecule has 2 saturated heterocycles. The molecule has 3 rings (SSSR count). The Balaban J connectivity index is 1.80. The van der Waals surface area contributed by atoms with Crippen molar-refractivity contribution in [2.45, 2.75) is 25.0 Å². The fourth-order valence-electron chi connectivity index (χ4n) is 3.13. The molecule has 1 amide bonds. The van der Waals surface area contributed by atoms with Gasteiger partial charge in [0.25, 0.3) is 0 Å². The summed E-state index contributed by atoms with van der Waals surface area (Å²) in [5.74, 6) is -5.14. The van der Waals surface area contributed by atoms with Crippen molar-refractivity contribution in [2.75, 3.05) is 5.32 Å². The normalized spacial score (nSPS) is 30.4. The minimum Gasteiger partial charge on any atom is -0.481 e. The number of rotatable bonds is 3. The number of hydrogen-bond acceptors (Lipinski definition) is 3. The summed E-state index contributed by atoms with van der Waals surface area (Å²) >= 11 is 0. The minimum absolute atomic E-state index is 0.173. The van der Waals surface area contributed by atoms with E-state index in [0.29, 0.717) is 18.9 Å². The maximum absolute atomic E-state index is 13.5. The number of fused-ring (bicyclic) bond motifs is 2. The molecule has 21 heavy (non-hydrogen) atoms. The van der Waals surface area contributed by atoms with Crippen molar-refractivity contribution >= 4 is 17.6 Å². The van der Waals surface area contributed by atoms with E-state index in [-0.39, 0.29) is 5.69 Å². The molecule has 2 heterocycles. The molecule has 7 heteroatoms. The van der Waals surface area contributed by atoms with Gasteiger partial charge in [0, 0.05) is 6.07 Å². The van der Waals surface area contributed by atoms with E-state index in [1.54, 1.807) is 0 Å². The van der Waals surface area contributed by atoms with Crippen molar-refractivity contribution in [3.63, 3.8) is 0 Å².